The van der Waals surface area contributed by atoms with Crippen molar-refractivity contribution in [1.82, 2.24) is 4.90 Å². The van der Waals surface area contributed by atoms with E-state index in [2.05, 4.69) is 13.8 Å². The summed E-state index contributed by atoms with van der Waals surface area (Å²) in [6.07, 6.45) is 4.86. The van der Waals surface area contributed by atoms with Crippen molar-refractivity contribution >= 4 is 11.9 Å². The highest BCUT2D eigenvalue weighted by Crippen LogP contribution is 2.44. The van der Waals surface area contributed by atoms with E-state index in [0.717, 1.165) is 32.1 Å². The average molecular weight is 267 g/mol. The van der Waals surface area contributed by atoms with Crippen LogP contribution in [-0.2, 0) is 9.59 Å². The summed E-state index contributed by atoms with van der Waals surface area (Å²) in [4.78, 5) is 25.8. The largest absolute Gasteiger partial charge is 0.480 e. The zero-order chi connectivity index (χ0) is 14.2. The number of piperidine rings is 1. The van der Waals surface area contributed by atoms with Crippen LogP contribution in [0.1, 0.15) is 52.9 Å². The molecule has 1 aliphatic heterocycles. The average Bonchev–Trinajstić information content (AvgIpc) is 2.67. The number of likely N-dealkylation sites (tertiary alicyclic amines) is 1. The van der Waals surface area contributed by atoms with E-state index in [4.69, 9.17) is 0 Å². The maximum atomic E-state index is 12.7. The summed E-state index contributed by atoms with van der Waals surface area (Å²) < 4.78 is 0. The number of amides is 1. The number of carbonyl (C=O) groups excluding carboxylic acids is 1. The molecule has 0 bridgehead atoms. The Hall–Kier alpha value is -1.06. The van der Waals surface area contributed by atoms with E-state index in [0.29, 0.717) is 6.54 Å². The zero-order valence-corrected chi connectivity index (χ0v) is 12.2. The first-order valence-corrected chi connectivity index (χ1v) is 7.38. The highest BCUT2D eigenvalue weighted by Gasteiger charge is 2.45. The van der Waals surface area contributed by atoms with Crippen LogP contribution in [0.15, 0.2) is 0 Å². The van der Waals surface area contributed by atoms with Crippen LogP contribution >= 0.6 is 0 Å². The van der Waals surface area contributed by atoms with Crippen LogP contribution in [-0.4, -0.2) is 34.5 Å². The number of aliphatic carboxylic acids is 1. The fourth-order valence-corrected chi connectivity index (χ4v) is 3.80. The van der Waals surface area contributed by atoms with Crippen LogP contribution in [0.2, 0.25) is 0 Å². The number of carbonyl (C=O) groups is 2. The maximum Gasteiger partial charge on any atom is 0.326 e. The topological polar surface area (TPSA) is 57.6 Å². The normalized spacial score (nSPS) is 34.3. The van der Waals surface area contributed by atoms with Gasteiger partial charge in [0.15, 0.2) is 0 Å². The minimum absolute atomic E-state index is 0.000324. The number of hydrogen-bond donors (Lipinski definition) is 1. The van der Waals surface area contributed by atoms with E-state index in [1.165, 1.54) is 0 Å². The molecule has 0 radical (unpaired) electrons. The lowest BCUT2D eigenvalue weighted by Gasteiger charge is -2.40. The van der Waals surface area contributed by atoms with Crippen LogP contribution in [0.25, 0.3) is 0 Å². The Morgan fingerprint density at radius 1 is 1.21 bits per heavy atom. The molecule has 1 aliphatic carbocycles. The van der Waals surface area contributed by atoms with Crippen molar-refractivity contribution < 1.29 is 14.7 Å². The van der Waals surface area contributed by atoms with Crippen molar-refractivity contribution in [2.45, 2.75) is 58.9 Å². The second-order valence-electron chi connectivity index (χ2n) is 6.87. The van der Waals surface area contributed by atoms with Gasteiger partial charge in [0.1, 0.15) is 6.04 Å². The van der Waals surface area contributed by atoms with Crippen molar-refractivity contribution in [3.05, 3.63) is 0 Å². The molecule has 19 heavy (non-hydrogen) atoms. The van der Waals surface area contributed by atoms with Crippen molar-refractivity contribution in [1.29, 1.82) is 0 Å². The van der Waals surface area contributed by atoms with Gasteiger partial charge in [-0.15, -0.1) is 0 Å². The summed E-state index contributed by atoms with van der Waals surface area (Å²) in [6, 6.07) is -0.627. The van der Waals surface area contributed by atoms with Gasteiger partial charge in [-0.2, -0.15) is 0 Å². The molecule has 1 saturated carbocycles. The van der Waals surface area contributed by atoms with Gasteiger partial charge in [0.25, 0.3) is 0 Å². The zero-order valence-electron chi connectivity index (χ0n) is 12.2. The standard InChI is InChI=1S/C15H25NO3/c1-10-6-5-9-16(12(10)14(18)19)13(17)11-7-4-8-15(11,2)3/h10-12H,4-9H2,1-3H3,(H,18,19). The maximum absolute atomic E-state index is 12.7. The quantitative estimate of drug-likeness (QED) is 0.836. The Bertz CT molecular complexity index is 378. The van der Waals surface area contributed by atoms with Crippen LogP contribution in [0, 0.1) is 17.3 Å². The predicted molar refractivity (Wildman–Crippen MR) is 72.7 cm³/mol. The molecule has 0 aromatic carbocycles. The monoisotopic (exact) mass is 267 g/mol. The molecule has 0 aromatic heterocycles. The second kappa shape index (κ2) is 5.14. The van der Waals surface area contributed by atoms with Gasteiger partial charge in [0, 0.05) is 12.5 Å². The molecular weight excluding hydrogens is 242 g/mol. The van der Waals surface area contributed by atoms with E-state index in [9.17, 15) is 14.7 Å². The fraction of sp³-hybridized carbons (Fsp3) is 0.867. The van der Waals surface area contributed by atoms with Crippen LogP contribution < -0.4 is 0 Å². The molecule has 0 aromatic rings. The van der Waals surface area contributed by atoms with Crippen LogP contribution in [0.5, 0.6) is 0 Å². The fourth-order valence-electron chi connectivity index (χ4n) is 3.80. The van der Waals surface area contributed by atoms with Crippen molar-refractivity contribution in [2.24, 2.45) is 17.3 Å². The molecule has 1 N–H and O–H groups in total. The minimum Gasteiger partial charge on any atom is -0.480 e. The van der Waals surface area contributed by atoms with Gasteiger partial charge >= 0.3 is 5.97 Å². The second-order valence-corrected chi connectivity index (χ2v) is 6.87. The van der Waals surface area contributed by atoms with Crippen LogP contribution in [0.3, 0.4) is 0 Å². The van der Waals surface area contributed by atoms with Gasteiger partial charge in [0.05, 0.1) is 0 Å². The first-order chi connectivity index (χ1) is 8.84. The van der Waals surface area contributed by atoms with Gasteiger partial charge in [-0.3, -0.25) is 4.79 Å². The third-order valence-electron chi connectivity index (χ3n) is 5.02. The third-order valence-corrected chi connectivity index (χ3v) is 5.02. The number of hydrogen-bond acceptors (Lipinski definition) is 2. The van der Waals surface area contributed by atoms with Gasteiger partial charge in [-0.25, -0.2) is 4.79 Å². The smallest absolute Gasteiger partial charge is 0.326 e. The minimum atomic E-state index is -0.851. The molecule has 3 atom stereocenters. The van der Waals surface area contributed by atoms with Gasteiger partial charge in [0.2, 0.25) is 5.91 Å². The van der Waals surface area contributed by atoms with E-state index in [1.807, 2.05) is 6.92 Å². The highest BCUT2D eigenvalue weighted by atomic mass is 16.4. The summed E-state index contributed by atoms with van der Waals surface area (Å²) in [5.41, 5.74) is 0.0147. The molecule has 108 valence electrons. The SMILES string of the molecule is CC1CCCN(C(=O)C2CCCC2(C)C)C1C(=O)O. The number of carboxylic acids is 1. The molecule has 4 heteroatoms. The summed E-state index contributed by atoms with van der Waals surface area (Å²) >= 11 is 0. The summed E-state index contributed by atoms with van der Waals surface area (Å²) in [5.74, 6) is -0.725. The third kappa shape index (κ3) is 2.63. The van der Waals surface area contributed by atoms with Crippen molar-refractivity contribution in [2.75, 3.05) is 6.54 Å². The lowest BCUT2D eigenvalue weighted by molar-refractivity contribution is -0.158. The number of rotatable bonds is 2. The summed E-state index contributed by atoms with van der Waals surface area (Å²) in [7, 11) is 0. The summed E-state index contributed by atoms with van der Waals surface area (Å²) in [6.45, 7) is 6.81. The van der Waals surface area contributed by atoms with Crippen molar-refractivity contribution in [3.63, 3.8) is 0 Å². The summed E-state index contributed by atoms with van der Waals surface area (Å²) in [5, 5.41) is 9.41. The van der Waals surface area contributed by atoms with E-state index >= 15 is 0 Å². The Labute approximate surface area is 115 Å². The molecule has 2 aliphatic rings. The molecule has 2 rings (SSSR count). The Kier molecular flexibility index (Phi) is 3.88. The molecule has 4 nitrogen and oxygen atoms in total. The molecule has 1 heterocycles. The Morgan fingerprint density at radius 3 is 2.42 bits per heavy atom. The van der Waals surface area contributed by atoms with Gasteiger partial charge in [-0.1, -0.05) is 27.2 Å². The molecule has 1 saturated heterocycles. The molecule has 0 spiro atoms. The number of carboxylic acid groups (broad SMARTS) is 1. The Balaban J connectivity index is 2.19. The van der Waals surface area contributed by atoms with Crippen LogP contribution in [0.4, 0.5) is 0 Å². The van der Waals surface area contributed by atoms with E-state index in [-0.39, 0.29) is 23.2 Å². The van der Waals surface area contributed by atoms with E-state index < -0.39 is 12.0 Å². The lowest BCUT2D eigenvalue weighted by atomic mass is 9.80. The number of nitrogens with zero attached hydrogens (tertiary/aromatic N) is 1. The Morgan fingerprint density at radius 2 is 1.89 bits per heavy atom. The van der Waals surface area contributed by atoms with Crippen molar-refractivity contribution in [3.8, 4) is 0 Å². The lowest BCUT2D eigenvalue weighted by Crippen LogP contribution is -2.54. The molecule has 2 fully saturated rings. The highest BCUT2D eigenvalue weighted by molar-refractivity contribution is 5.86. The van der Waals surface area contributed by atoms with E-state index in [1.54, 1.807) is 4.90 Å². The van der Waals surface area contributed by atoms with Gasteiger partial charge in [-0.05, 0) is 37.0 Å². The first kappa shape index (κ1) is 14.4. The predicted octanol–water partition coefficient (Wildman–Crippen LogP) is 2.52. The van der Waals surface area contributed by atoms with Gasteiger partial charge < -0.3 is 10.0 Å². The molecule has 1 amide bonds. The molecule has 3 unspecified atom stereocenters. The first-order valence-electron chi connectivity index (χ1n) is 7.38. The molecular formula is C15H25NO3.